The van der Waals surface area contributed by atoms with Crippen molar-refractivity contribution in [1.29, 1.82) is 0 Å². The second-order valence-electron chi connectivity index (χ2n) is 8.00. The van der Waals surface area contributed by atoms with Crippen molar-refractivity contribution in [3.05, 3.63) is 126 Å². The molecule has 4 nitrogen and oxygen atoms in total. The summed E-state index contributed by atoms with van der Waals surface area (Å²) in [5.41, 5.74) is 4.48. The highest BCUT2D eigenvalue weighted by atomic mass is 32.2. The number of aryl methyl sites for hydroxylation is 1. The van der Waals surface area contributed by atoms with E-state index in [4.69, 9.17) is 0 Å². The molecule has 0 aliphatic heterocycles. The van der Waals surface area contributed by atoms with Crippen LogP contribution in [0, 0.1) is 6.92 Å². The number of thioether (sulfide) groups is 1. The number of rotatable bonds is 8. The van der Waals surface area contributed by atoms with Crippen molar-refractivity contribution in [2.45, 2.75) is 23.5 Å². The van der Waals surface area contributed by atoms with Crippen LogP contribution in [0.5, 0.6) is 0 Å². The molecule has 0 aliphatic carbocycles. The van der Waals surface area contributed by atoms with E-state index in [1.54, 1.807) is 0 Å². The van der Waals surface area contributed by atoms with Gasteiger partial charge in [0.2, 0.25) is 11.8 Å². The number of carbonyl (C=O) groups excluding carboxylic acids is 2. The zero-order valence-corrected chi connectivity index (χ0v) is 19.7. The SMILES string of the molecule is Cc1ccc(NC(=O)C(Sc2cccc(NC(=O)Cc3ccccc3)c2)c2ccccc2)cc1. The predicted molar refractivity (Wildman–Crippen MR) is 140 cm³/mol. The largest absolute Gasteiger partial charge is 0.326 e. The van der Waals surface area contributed by atoms with Gasteiger partial charge < -0.3 is 10.6 Å². The Kier molecular flexibility index (Phi) is 7.79. The fourth-order valence-corrected chi connectivity index (χ4v) is 4.60. The monoisotopic (exact) mass is 466 g/mol. The van der Waals surface area contributed by atoms with Crippen LogP contribution in [0.25, 0.3) is 0 Å². The third-order valence-electron chi connectivity index (χ3n) is 5.24. The molecule has 170 valence electrons. The maximum absolute atomic E-state index is 13.3. The molecule has 0 bridgehead atoms. The number of hydrogen-bond acceptors (Lipinski definition) is 3. The van der Waals surface area contributed by atoms with Crippen molar-refractivity contribution >= 4 is 35.0 Å². The molecule has 0 aliphatic rings. The summed E-state index contributed by atoms with van der Waals surface area (Å²) in [4.78, 5) is 26.7. The van der Waals surface area contributed by atoms with Crippen LogP contribution < -0.4 is 10.6 Å². The summed E-state index contributed by atoms with van der Waals surface area (Å²) in [6.45, 7) is 2.01. The number of anilines is 2. The summed E-state index contributed by atoms with van der Waals surface area (Å²) in [7, 11) is 0. The van der Waals surface area contributed by atoms with Gasteiger partial charge in [0.1, 0.15) is 5.25 Å². The van der Waals surface area contributed by atoms with Crippen LogP contribution in [-0.4, -0.2) is 11.8 Å². The number of nitrogens with one attached hydrogen (secondary N) is 2. The molecule has 4 aromatic carbocycles. The third-order valence-corrected chi connectivity index (χ3v) is 6.49. The molecule has 0 saturated carbocycles. The van der Waals surface area contributed by atoms with Crippen molar-refractivity contribution in [3.63, 3.8) is 0 Å². The highest BCUT2D eigenvalue weighted by Gasteiger charge is 2.22. The van der Waals surface area contributed by atoms with E-state index >= 15 is 0 Å². The summed E-state index contributed by atoms with van der Waals surface area (Å²) in [5.74, 6) is -0.177. The van der Waals surface area contributed by atoms with Crippen molar-refractivity contribution in [1.82, 2.24) is 0 Å². The molecule has 0 fully saturated rings. The molecule has 0 heterocycles. The Hall–Kier alpha value is -3.83. The predicted octanol–water partition coefficient (Wildman–Crippen LogP) is 6.65. The third kappa shape index (κ3) is 6.59. The lowest BCUT2D eigenvalue weighted by molar-refractivity contribution is -0.116. The van der Waals surface area contributed by atoms with Gasteiger partial charge >= 0.3 is 0 Å². The van der Waals surface area contributed by atoms with Crippen LogP contribution in [0.2, 0.25) is 0 Å². The van der Waals surface area contributed by atoms with Gasteiger partial charge in [-0.1, -0.05) is 84.4 Å². The Balaban J connectivity index is 1.49. The van der Waals surface area contributed by atoms with Crippen LogP contribution in [0.1, 0.15) is 21.9 Å². The lowest BCUT2D eigenvalue weighted by atomic mass is 10.1. The van der Waals surface area contributed by atoms with E-state index < -0.39 is 5.25 Å². The van der Waals surface area contributed by atoms with E-state index in [0.717, 1.165) is 27.3 Å². The number of carbonyl (C=O) groups is 2. The van der Waals surface area contributed by atoms with E-state index in [-0.39, 0.29) is 11.8 Å². The standard InChI is InChI=1S/C29H26N2O2S/c1-21-15-17-24(18-16-21)31-29(33)28(23-11-6-3-7-12-23)34-26-14-8-13-25(20-26)30-27(32)19-22-9-4-2-5-10-22/h2-18,20,28H,19H2,1H3,(H,30,32)(H,31,33). The molecule has 4 aromatic rings. The number of amides is 2. The highest BCUT2D eigenvalue weighted by Crippen LogP contribution is 2.37. The molecule has 1 unspecified atom stereocenters. The van der Waals surface area contributed by atoms with E-state index in [1.807, 2.05) is 116 Å². The Bertz CT molecular complexity index is 1240. The smallest absolute Gasteiger partial charge is 0.242 e. The zero-order valence-electron chi connectivity index (χ0n) is 18.9. The second-order valence-corrected chi connectivity index (χ2v) is 9.18. The minimum absolute atomic E-state index is 0.0786. The topological polar surface area (TPSA) is 58.2 Å². The van der Waals surface area contributed by atoms with Crippen molar-refractivity contribution in [2.24, 2.45) is 0 Å². The van der Waals surface area contributed by atoms with Crippen LogP contribution in [0.4, 0.5) is 11.4 Å². The lowest BCUT2D eigenvalue weighted by Crippen LogP contribution is -2.19. The quantitative estimate of drug-likeness (QED) is 0.286. The number of hydrogen-bond donors (Lipinski definition) is 2. The molecule has 0 aromatic heterocycles. The molecule has 0 spiro atoms. The molecule has 1 atom stereocenters. The van der Waals surface area contributed by atoms with Gasteiger partial charge in [0, 0.05) is 16.3 Å². The molecule has 0 radical (unpaired) electrons. The molecular formula is C29H26N2O2S. The van der Waals surface area contributed by atoms with Crippen LogP contribution >= 0.6 is 11.8 Å². The van der Waals surface area contributed by atoms with Gasteiger partial charge in [0.25, 0.3) is 0 Å². The lowest BCUT2D eigenvalue weighted by Gasteiger charge is -2.18. The minimum atomic E-state index is -0.447. The molecule has 34 heavy (non-hydrogen) atoms. The summed E-state index contributed by atoms with van der Waals surface area (Å²) >= 11 is 1.45. The normalized spacial score (nSPS) is 11.4. The van der Waals surface area contributed by atoms with E-state index in [9.17, 15) is 9.59 Å². The van der Waals surface area contributed by atoms with Gasteiger partial charge in [-0.05, 0) is 48.4 Å². The van der Waals surface area contributed by atoms with Gasteiger partial charge in [-0.2, -0.15) is 0 Å². The maximum atomic E-state index is 13.3. The van der Waals surface area contributed by atoms with Crippen LogP contribution in [0.3, 0.4) is 0 Å². The molecule has 5 heteroatoms. The fourth-order valence-electron chi connectivity index (χ4n) is 3.52. The summed E-state index contributed by atoms with van der Waals surface area (Å²) in [6, 6.07) is 34.7. The van der Waals surface area contributed by atoms with Gasteiger partial charge in [-0.25, -0.2) is 0 Å². The van der Waals surface area contributed by atoms with Crippen molar-refractivity contribution in [3.8, 4) is 0 Å². The van der Waals surface area contributed by atoms with Gasteiger partial charge in [0.15, 0.2) is 0 Å². The maximum Gasteiger partial charge on any atom is 0.242 e. The Labute approximate surface area is 204 Å². The van der Waals surface area contributed by atoms with E-state index in [1.165, 1.54) is 11.8 Å². The zero-order chi connectivity index (χ0) is 23.8. The number of benzene rings is 4. The van der Waals surface area contributed by atoms with Crippen molar-refractivity contribution < 1.29 is 9.59 Å². The highest BCUT2D eigenvalue weighted by molar-refractivity contribution is 8.00. The first-order valence-electron chi connectivity index (χ1n) is 11.1. The van der Waals surface area contributed by atoms with Crippen molar-refractivity contribution in [2.75, 3.05) is 10.6 Å². The van der Waals surface area contributed by atoms with Gasteiger partial charge in [-0.3, -0.25) is 9.59 Å². The first-order chi connectivity index (χ1) is 16.6. The fraction of sp³-hybridized carbons (Fsp3) is 0.103. The molecule has 2 N–H and O–H groups in total. The molecular weight excluding hydrogens is 440 g/mol. The van der Waals surface area contributed by atoms with Gasteiger partial charge in [-0.15, -0.1) is 11.8 Å². The Morgan fingerprint density at radius 1 is 0.735 bits per heavy atom. The minimum Gasteiger partial charge on any atom is -0.326 e. The Morgan fingerprint density at radius 3 is 2.12 bits per heavy atom. The van der Waals surface area contributed by atoms with Gasteiger partial charge in [0.05, 0.1) is 6.42 Å². The summed E-state index contributed by atoms with van der Waals surface area (Å²) in [6.07, 6.45) is 0.309. The molecule has 0 saturated heterocycles. The molecule has 4 rings (SSSR count). The summed E-state index contributed by atoms with van der Waals surface area (Å²) < 4.78 is 0. The molecule has 2 amide bonds. The van der Waals surface area contributed by atoms with E-state index in [2.05, 4.69) is 10.6 Å². The Morgan fingerprint density at radius 2 is 1.41 bits per heavy atom. The first-order valence-corrected chi connectivity index (χ1v) is 12.0. The van der Waals surface area contributed by atoms with Crippen LogP contribution in [0.15, 0.2) is 114 Å². The average Bonchev–Trinajstić information content (AvgIpc) is 2.85. The average molecular weight is 467 g/mol. The second kappa shape index (κ2) is 11.3. The van der Waals surface area contributed by atoms with E-state index in [0.29, 0.717) is 12.1 Å². The first kappa shape index (κ1) is 23.3. The van der Waals surface area contributed by atoms with Crippen LogP contribution in [-0.2, 0) is 16.0 Å². The summed E-state index contributed by atoms with van der Waals surface area (Å²) in [5, 5.41) is 5.55.